The van der Waals surface area contributed by atoms with Crippen molar-refractivity contribution < 1.29 is 13.9 Å². The van der Waals surface area contributed by atoms with E-state index in [0.717, 1.165) is 19.5 Å². The maximum absolute atomic E-state index is 12.6. The zero-order valence-electron chi connectivity index (χ0n) is 10.5. The quantitative estimate of drug-likeness (QED) is 0.695. The van der Waals surface area contributed by atoms with Gasteiger partial charge in [0.1, 0.15) is 12.4 Å². The highest BCUT2D eigenvalue weighted by atomic mass is 19.1. The first-order valence-corrected chi connectivity index (χ1v) is 6.06. The Balaban J connectivity index is 2.12. The average Bonchev–Trinajstić information content (AvgIpc) is 2.36. The lowest BCUT2D eigenvalue weighted by Crippen LogP contribution is -2.24. The Morgan fingerprint density at radius 2 is 2.00 bits per heavy atom. The molecule has 0 saturated heterocycles. The van der Waals surface area contributed by atoms with Gasteiger partial charge in [0, 0.05) is 12.2 Å². The first-order valence-electron chi connectivity index (χ1n) is 6.06. The summed E-state index contributed by atoms with van der Waals surface area (Å²) in [6.07, 6.45) is 1.07. The lowest BCUT2D eigenvalue weighted by molar-refractivity contribution is -0.120. The number of hydrogen-bond donors (Lipinski definition) is 2. The fourth-order valence-corrected chi connectivity index (χ4v) is 1.34. The molecule has 0 saturated carbocycles. The molecule has 0 aliphatic rings. The van der Waals surface area contributed by atoms with Crippen molar-refractivity contribution in [2.45, 2.75) is 13.3 Å². The van der Waals surface area contributed by atoms with Crippen molar-refractivity contribution in [2.75, 3.05) is 31.6 Å². The van der Waals surface area contributed by atoms with Crippen LogP contribution < -0.4 is 10.6 Å². The van der Waals surface area contributed by atoms with Crippen LogP contribution in [0.15, 0.2) is 24.3 Å². The van der Waals surface area contributed by atoms with Gasteiger partial charge >= 0.3 is 0 Å². The molecule has 1 rings (SSSR count). The Bertz CT molecular complexity index is 355. The molecule has 1 aromatic carbocycles. The monoisotopic (exact) mass is 254 g/mol. The van der Waals surface area contributed by atoms with Gasteiger partial charge in [0.25, 0.3) is 0 Å². The Kier molecular flexibility index (Phi) is 6.98. The molecule has 0 unspecified atom stereocenters. The molecule has 0 aliphatic heterocycles. The maximum Gasteiger partial charge on any atom is 0.250 e. The summed E-state index contributed by atoms with van der Waals surface area (Å²) in [5.74, 6) is -0.566. The molecule has 100 valence electrons. The first-order chi connectivity index (χ1) is 8.72. The van der Waals surface area contributed by atoms with E-state index < -0.39 is 0 Å². The van der Waals surface area contributed by atoms with E-state index in [1.54, 1.807) is 0 Å². The summed E-state index contributed by atoms with van der Waals surface area (Å²) in [5, 5.41) is 5.79. The van der Waals surface area contributed by atoms with Crippen LogP contribution in [0.3, 0.4) is 0 Å². The third-order valence-electron chi connectivity index (χ3n) is 2.21. The van der Waals surface area contributed by atoms with E-state index in [2.05, 4.69) is 17.6 Å². The number of carbonyl (C=O) groups is 1. The van der Waals surface area contributed by atoms with Gasteiger partial charge in [-0.2, -0.15) is 0 Å². The molecule has 5 heteroatoms. The van der Waals surface area contributed by atoms with Gasteiger partial charge < -0.3 is 15.4 Å². The van der Waals surface area contributed by atoms with Crippen molar-refractivity contribution in [2.24, 2.45) is 0 Å². The minimum Gasteiger partial charge on any atom is -0.370 e. The summed E-state index contributed by atoms with van der Waals surface area (Å²) in [7, 11) is 0. The zero-order valence-corrected chi connectivity index (χ0v) is 10.5. The molecule has 0 radical (unpaired) electrons. The van der Waals surface area contributed by atoms with E-state index in [-0.39, 0.29) is 18.3 Å². The number of benzene rings is 1. The van der Waals surface area contributed by atoms with Gasteiger partial charge in [-0.15, -0.1) is 0 Å². The van der Waals surface area contributed by atoms with Crippen LogP contribution in [0.1, 0.15) is 13.3 Å². The fraction of sp³-hybridized carbons (Fsp3) is 0.462. The van der Waals surface area contributed by atoms with E-state index in [4.69, 9.17) is 4.74 Å². The summed E-state index contributed by atoms with van der Waals surface area (Å²) >= 11 is 0. The largest absolute Gasteiger partial charge is 0.370 e. The second kappa shape index (κ2) is 8.60. The Morgan fingerprint density at radius 1 is 1.28 bits per heavy atom. The molecule has 4 nitrogen and oxygen atoms in total. The summed E-state index contributed by atoms with van der Waals surface area (Å²) in [6.45, 7) is 4.27. The number of anilines is 1. The summed E-state index contributed by atoms with van der Waals surface area (Å²) < 4.78 is 17.8. The number of amides is 1. The first kappa shape index (κ1) is 14.6. The van der Waals surface area contributed by atoms with Crippen LogP contribution in [0.25, 0.3) is 0 Å². The predicted octanol–water partition coefficient (Wildman–Crippen LogP) is 1.78. The van der Waals surface area contributed by atoms with Crippen molar-refractivity contribution in [1.29, 1.82) is 0 Å². The van der Waals surface area contributed by atoms with Crippen molar-refractivity contribution >= 4 is 11.6 Å². The minimum absolute atomic E-state index is 0.00514. The molecule has 2 N–H and O–H groups in total. The topological polar surface area (TPSA) is 50.4 Å². The summed E-state index contributed by atoms with van der Waals surface area (Å²) in [6, 6.07) is 5.61. The van der Waals surface area contributed by atoms with E-state index in [1.807, 2.05) is 0 Å². The number of rotatable bonds is 8. The molecule has 18 heavy (non-hydrogen) atoms. The van der Waals surface area contributed by atoms with Crippen molar-refractivity contribution in [3.63, 3.8) is 0 Å². The number of halogens is 1. The van der Waals surface area contributed by atoms with Crippen LogP contribution in [0, 0.1) is 5.82 Å². The summed E-state index contributed by atoms with van der Waals surface area (Å²) in [5.41, 5.74) is 0.564. The normalized spacial score (nSPS) is 10.3. The van der Waals surface area contributed by atoms with E-state index in [1.165, 1.54) is 24.3 Å². The van der Waals surface area contributed by atoms with Crippen molar-refractivity contribution in [3.8, 4) is 0 Å². The smallest absolute Gasteiger partial charge is 0.250 e. The van der Waals surface area contributed by atoms with Crippen molar-refractivity contribution in [3.05, 3.63) is 30.1 Å². The van der Waals surface area contributed by atoms with Crippen LogP contribution in [0.4, 0.5) is 10.1 Å². The fourth-order valence-electron chi connectivity index (χ4n) is 1.34. The van der Waals surface area contributed by atoms with E-state index >= 15 is 0 Å². The number of ether oxygens (including phenoxy) is 1. The molecule has 0 atom stereocenters. The number of hydrogen-bond acceptors (Lipinski definition) is 3. The molecular weight excluding hydrogens is 235 g/mol. The molecule has 0 heterocycles. The highest BCUT2D eigenvalue weighted by Crippen LogP contribution is 2.07. The number of carbonyl (C=O) groups excluding carboxylic acids is 1. The molecule has 0 spiro atoms. The summed E-state index contributed by atoms with van der Waals surface area (Å²) in [4.78, 5) is 11.4. The second-order valence-corrected chi connectivity index (χ2v) is 3.86. The van der Waals surface area contributed by atoms with Crippen LogP contribution in [-0.4, -0.2) is 32.2 Å². The van der Waals surface area contributed by atoms with E-state index in [0.29, 0.717) is 12.3 Å². The maximum atomic E-state index is 12.6. The molecule has 0 fully saturated rings. The SMILES string of the molecule is CCCNCCOCC(=O)Nc1ccc(F)cc1. The Morgan fingerprint density at radius 3 is 2.67 bits per heavy atom. The third-order valence-corrected chi connectivity index (χ3v) is 2.21. The lowest BCUT2D eigenvalue weighted by atomic mass is 10.3. The molecule has 0 aliphatic carbocycles. The van der Waals surface area contributed by atoms with Gasteiger partial charge in [0.15, 0.2) is 0 Å². The van der Waals surface area contributed by atoms with Crippen LogP contribution >= 0.6 is 0 Å². The molecule has 1 amide bonds. The highest BCUT2D eigenvalue weighted by Gasteiger charge is 2.02. The Hall–Kier alpha value is -1.46. The molecular formula is C13H19FN2O2. The van der Waals surface area contributed by atoms with Gasteiger partial charge in [-0.1, -0.05) is 6.92 Å². The minimum atomic E-state index is -0.328. The third kappa shape index (κ3) is 6.32. The lowest BCUT2D eigenvalue weighted by Gasteiger charge is -2.06. The average molecular weight is 254 g/mol. The molecule has 1 aromatic rings. The van der Waals surface area contributed by atoms with E-state index in [9.17, 15) is 9.18 Å². The molecule has 0 aromatic heterocycles. The van der Waals surface area contributed by atoms with Crippen LogP contribution in [-0.2, 0) is 9.53 Å². The standard InChI is InChI=1S/C13H19FN2O2/c1-2-7-15-8-9-18-10-13(17)16-12-5-3-11(14)4-6-12/h3-6,15H,2,7-10H2,1H3,(H,16,17). The van der Waals surface area contributed by atoms with Gasteiger partial charge in [-0.3, -0.25) is 4.79 Å². The second-order valence-electron chi connectivity index (χ2n) is 3.86. The zero-order chi connectivity index (χ0) is 13.2. The Labute approximate surface area is 107 Å². The van der Waals surface area contributed by atoms with Gasteiger partial charge in [-0.05, 0) is 37.2 Å². The van der Waals surface area contributed by atoms with Crippen LogP contribution in [0.5, 0.6) is 0 Å². The number of nitrogens with one attached hydrogen (secondary N) is 2. The predicted molar refractivity (Wildman–Crippen MR) is 69.0 cm³/mol. The highest BCUT2D eigenvalue weighted by molar-refractivity contribution is 5.91. The van der Waals surface area contributed by atoms with Crippen molar-refractivity contribution in [1.82, 2.24) is 5.32 Å². The van der Waals surface area contributed by atoms with Crippen LogP contribution in [0.2, 0.25) is 0 Å². The molecule has 0 bridgehead atoms. The van der Waals surface area contributed by atoms with Gasteiger partial charge in [-0.25, -0.2) is 4.39 Å². The van der Waals surface area contributed by atoms with Gasteiger partial charge in [0.05, 0.1) is 6.61 Å². The van der Waals surface area contributed by atoms with Gasteiger partial charge in [0.2, 0.25) is 5.91 Å².